The highest BCUT2D eigenvalue weighted by atomic mass is 127. The van der Waals surface area contributed by atoms with E-state index in [1.807, 2.05) is 0 Å². The predicted octanol–water partition coefficient (Wildman–Crippen LogP) is 0.462. The topological polar surface area (TPSA) is 85.9 Å². The molecule has 0 aliphatic heterocycles. The van der Waals surface area contributed by atoms with Crippen LogP contribution in [0.3, 0.4) is 0 Å². The summed E-state index contributed by atoms with van der Waals surface area (Å²) >= 11 is 3.45. The van der Waals surface area contributed by atoms with Crippen molar-refractivity contribution in [2.24, 2.45) is 5.14 Å². The van der Waals surface area contributed by atoms with Crippen molar-refractivity contribution in [3.63, 3.8) is 0 Å². The van der Waals surface area contributed by atoms with Crippen LogP contribution in [0.25, 0.3) is 0 Å². The van der Waals surface area contributed by atoms with Gasteiger partial charge in [0.15, 0.2) is 0 Å². The molecule has 0 saturated carbocycles. The molecule has 1 aromatic heterocycles. The standard InChI is InChI=1S/C6H8IN3O2S2/c7-5-3-9-4-10-6(5)13-1-2-14(8,11)12/h3-4H,1-2H2,(H2,8,11,12). The van der Waals surface area contributed by atoms with Gasteiger partial charge in [-0.25, -0.2) is 23.5 Å². The van der Waals surface area contributed by atoms with Gasteiger partial charge in [0, 0.05) is 11.9 Å². The SMILES string of the molecule is NS(=O)(=O)CCSc1ncncc1I. The lowest BCUT2D eigenvalue weighted by molar-refractivity contribution is 0.599. The molecule has 1 heterocycles. The van der Waals surface area contributed by atoms with Gasteiger partial charge in [-0.05, 0) is 22.6 Å². The van der Waals surface area contributed by atoms with E-state index in [-0.39, 0.29) is 5.75 Å². The molecule has 0 amide bonds. The number of halogens is 1. The fraction of sp³-hybridized carbons (Fsp3) is 0.333. The summed E-state index contributed by atoms with van der Waals surface area (Å²) in [7, 11) is -3.37. The second-order valence-electron chi connectivity index (χ2n) is 2.39. The molecule has 0 aliphatic carbocycles. The number of nitrogens with two attached hydrogens (primary N) is 1. The summed E-state index contributed by atoms with van der Waals surface area (Å²) in [5, 5.41) is 5.64. The monoisotopic (exact) mass is 345 g/mol. The van der Waals surface area contributed by atoms with E-state index in [0.717, 1.165) is 8.60 Å². The number of rotatable bonds is 4. The van der Waals surface area contributed by atoms with Crippen LogP contribution < -0.4 is 5.14 Å². The van der Waals surface area contributed by atoms with E-state index in [0.29, 0.717) is 5.75 Å². The predicted molar refractivity (Wildman–Crippen MR) is 63.4 cm³/mol. The number of hydrogen-bond donors (Lipinski definition) is 1. The Morgan fingerprint density at radius 1 is 1.57 bits per heavy atom. The van der Waals surface area contributed by atoms with Crippen molar-refractivity contribution in [1.82, 2.24) is 9.97 Å². The Morgan fingerprint density at radius 3 is 2.86 bits per heavy atom. The average Bonchev–Trinajstić information content (AvgIpc) is 2.06. The maximum Gasteiger partial charge on any atom is 0.209 e. The summed E-state index contributed by atoms with van der Waals surface area (Å²) in [5.41, 5.74) is 0. The molecule has 0 fully saturated rings. The maximum absolute atomic E-state index is 10.6. The number of hydrogen-bond acceptors (Lipinski definition) is 5. The van der Waals surface area contributed by atoms with E-state index in [9.17, 15) is 8.42 Å². The summed E-state index contributed by atoms with van der Waals surface area (Å²) in [4.78, 5) is 7.83. The van der Waals surface area contributed by atoms with E-state index in [1.54, 1.807) is 6.20 Å². The third-order valence-corrected chi connectivity index (χ3v) is 4.43. The number of thioether (sulfide) groups is 1. The van der Waals surface area contributed by atoms with Gasteiger partial charge in [-0.15, -0.1) is 11.8 Å². The van der Waals surface area contributed by atoms with Gasteiger partial charge in [-0.2, -0.15) is 0 Å². The van der Waals surface area contributed by atoms with Crippen LogP contribution in [0, 0.1) is 3.57 Å². The van der Waals surface area contributed by atoms with Crippen LogP contribution in [0.2, 0.25) is 0 Å². The van der Waals surface area contributed by atoms with Gasteiger partial charge < -0.3 is 0 Å². The van der Waals surface area contributed by atoms with E-state index < -0.39 is 10.0 Å². The molecule has 14 heavy (non-hydrogen) atoms. The Morgan fingerprint density at radius 2 is 2.29 bits per heavy atom. The highest BCUT2D eigenvalue weighted by Gasteiger charge is 2.05. The zero-order valence-electron chi connectivity index (χ0n) is 7.05. The van der Waals surface area contributed by atoms with Crippen LogP contribution in [0.4, 0.5) is 0 Å². The van der Waals surface area contributed by atoms with Crippen LogP contribution in [0.15, 0.2) is 17.6 Å². The molecule has 0 aliphatic rings. The van der Waals surface area contributed by atoms with Crippen molar-refractivity contribution in [3.05, 3.63) is 16.1 Å². The Hall–Kier alpha value is 0.0700. The number of nitrogens with zero attached hydrogens (tertiary/aromatic N) is 2. The Balaban J connectivity index is 2.51. The van der Waals surface area contributed by atoms with Crippen molar-refractivity contribution in [1.29, 1.82) is 0 Å². The Labute approximate surface area is 100 Å². The van der Waals surface area contributed by atoms with E-state index in [4.69, 9.17) is 5.14 Å². The summed E-state index contributed by atoms with van der Waals surface area (Å²) < 4.78 is 22.2. The number of primary sulfonamides is 1. The first-order chi connectivity index (χ1) is 6.49. The van der Waals surface area contributed by atoms with Crippen LogP contribution >= 0.6 is 34.4 Å². The third kappa shape index (κ3) is 4.53. The lowest BCUT2D eigenvalue weighted by Crippen LogP contribution is -2.17. The van der Waals surface area contributed by atoms with Crippen molar-refractivity contribution < 1.29 is 8.42 Å². The number of sulfonamides is 1. The molecule has 0 spiro atoms. The van der Waals surface area contributed by atoms with Gasteiger partial charge in [-0.1, -0.05) is 0 Å². The summed E-state index contributed by atoms with van der Waals surface area (Å²) in [6, 6.07) is 0. The molecule has 2 N–H and O–H groups in total. The van der Waals surface area contributed by atoms with Crippen LogP contribution in [-0.4, -0.2) is 29.9 Å². The highest BCUT2D eigenvalue weighted by molar-refractivity contribution is 14.1. The molecular formula is C6H8IN3O2S2. The summed E-state index contributed by atoms with van der Waals surface area (Å²) in [6.07, 6.45) is 3.11. The first-order valence-electron chi connectivity index (χ1n) is 3.58. The zero-order valence-corrected chi connectivity index (χ0v) is 10.8. The van der Waals surface area contributed by atoms with Gasteiger partial charge in [0.2, 0.25) is 10.0 Å². The first-order valence-corrected chi connectivity index (χ1v) is 7.36. The van der Waals surface area contributed by atoms with Crippen LogP contribution in [0.5, 0.6) is 0 Å². The van der Waals surface area contributed by atoms with E-state index >= 15 is 0 Å². The van der Waals surface area contributed by atoms with Gasteiger partial charge in [0.1, 0.15) is 11.4 Å². The first kappa shape index (κ1) is 12.1. The van der Waals surface area contributed by atoms with Gasteiger partial charge in [-0.3, -0.25) is 0 Å². The molecule has 0 saturated heterocycles. The Kier molecular flexibility index (Phi) is 4.54. The minimum Gasteiger partial charge on any atom is -0.244 e. The molecule has 0 radical (unpaired) electrons. The minimum atomic E-state index is -3.37. The van der Waals surface area contributed by atoms with E-state index in [1.165, 1.54) is 18.1 Å². The fourth-order valence-corrected chi connectivity index (χ4v) is 3.20. The molecular weight excluding hydrogens is 337 g/mol. The van der Waals surface area contributed by atoms with Crippen LogP contribution in [0.1, 0.15) is 0 Å². The molecule has 8 heteroatoms. The average molecular weight is 345 g/mol. The molecule has 0 atom stereocenters. The molecule has 0 unspecified atom stereocenters. The smallest absolute Gasteiger partial charge is 0.209 e. The van der Waals surface area contributed by atoms with Crippen molar-refractivity contribution in [2.45, 2.75) is 5.03 Å². The molecule has 1 rings (SSSR count). The molecule has 0 aromatic carbocycles. The molecule has 1 aromatic rings. The quantitative estimate of drug-likeness (QED) is 0.487. The van der Waals surface area contributed by atoms with Crippen molar-refractivity contribution in [3.8, 4) is 0 Å². The zero-order chi connectivity index (χ0) is 10.6. The third-order valence-electron chi connectivity index (χ3n) is 1.24. The summed E-state index contributed by atoms with van der Waals surface area (Å²) in [5.74, 6) is 0.365. The summed E-state index contributed by atoms with van der Waals surface area (Å²) in [6.45, 7) is 0. The minimum absolute atomic E-state index is 0.0439. The van der Waals surface area contributed by atoms with E-state index in [2.05, 4.69) is 32.6 Å². The Bertz CT molecular complexity index is 409. The molecule has 0 bridgehead atoms. The highest BCUT2D eigenvalue weighted by Crippen LogP contribution is 2.20. The maximum atomic E-state index is 10.6. The van der Waals surface area contributed by atoms with Gasteiger partial charge in [0.25, 0.3) is 0 Å². The van der Waals surface area contributed by atoms with Crippen molar-refractivity contribution >= 4 is 44.4 Å². The molecule has 78 valence electrons. The second kappa shape index (κ2) is 5.24. The van der Waals surface area contributed by atoms with Crippen molar-refractivity contribution in [2.75, 3.05) is 11.5 Å². The van der Waals surface area contributed by atoms with Crippen LogP contribution in [-0.2, 0) is 10.0 Å². The normalized spacial score (nSPS) is 11.6. The lowest BCUT2D eigenvalue weighted by Gasteiger charge is -2.00. The second-order valence-corrected chi connectivity index (χ2v) is 6.37. The number of aromatic nitrogens is 2. The van der Waals surface area contributed by atoms with Gasteiger partial charge >= 0.3 is 0 Å². The molecule has 5 nitrogen and oxygen atoms in total. The largest absolute Gasteiger partial charge is 0.244 e. The van der Waals surface area contributed by atoms with Gasteiger partial charge in [0.05, 0.1) is 9.32 Å². The fourth-order valence-electron chi connectivity index (χ4n) is 0.662. The lowest BCUT2D eigenvalue weighted by atomic mass is 10.7.